The van der Waals surface area contributed by atoms with Gasteiger partial charge >= 0.3 is 5.97 Å². The minimum absolute atomic E-state index is 0.324. The summed E-state index contributed by atoms with van der Waals surface area (Å²) >= 11 is 1.34. The van der Waals surface area contributed by atoms with E-state index in [4.69, 9.17) is 4.74 Å². The predicted octanol–water partition coefficient (Wildman–Crippen LogP) is 4.47. The summed E-state index contributed by atoms with van der Waals surface area (Å²) in [6, 6.07) is 12.4. The molecule has 122 valence electrons. The van der Waals surface area contributed by atoms with Crippen molar-refractivity contribution in [2.75, 3.05) is 11.9 Å². The Labute approximate surface area is 141 Å². The Balaban J connectivity index is 1.81. The number of rotatable bonds is 4. The number of anilines is 1. The van der Waals surface area contributed by atoms with Crippen LogP contribution in [0.4, 0.5) is 10.1 Å². The molecule has 1 amide bonds. The molecule has 2 aromatic carbocycles. The van der Waals surface area contributed by atoms with E-state index < -0.39 is 5.82 Å². The van der Waals surface area contributed by atoms with E-state index in [2.05, 4.69) is 5.32 Å². The summed E-state index contributed by atoms with van der Waals surface area (Å²) in [5.74, 6) is -1.07. The van der Waals surface area contributed by atoms with Crippen molar-refractivity contribution in [3.05, 3.63) is 64.8 Å². The standard InChI is InChI=1S/C18H14FNO3S/c1-2-23-18(22)16-10-12-9-14(7-8-15(12)24-16)20-17(21)11-3-5-13(19)6-4-11/h3-10H,2H2,1H3,(H,20,21). The molecule has 0 aliphatic carbocycles. The van der Waals surface area contributed by atoms with Crippen molar-refractivity contribution in [2.24, 2.45) is 0 Å². The van der Waals surface area contributed by atoms with Crippen molar-refractivity contribution in [1.82, 2.24) is 0 Å². The van der Waals surface area contributed by atoms with Crippen LogP contribution in [-0.2, 0) is 4.74 Å². The largest absolute Gasteiger partial charge is 0.462 e. The second-order valence-corrected chi connectivity index (χ2v) is 6.13. The van der Waals surface area contributed by atoms with Crippen molar-refractivity contribution in [2.45, 2.75) is 6.92 Å². The molecule has 0 aliphatic heterocycles. The fourth-order valence-corrected chi connectivity index (χ4v) is 3.17. The van der Waals surface area contributed by atoms with Crippen LogP contribution < -0.4 is 5.32 Å². The Hall–Kier alpha value is -2.73. The number of ether oxygens (including phenoxy) is 1. The van der Waals surface area contributed by atoms with E-state index in [9.17, 15) is 14.0 Å². The lowest BCUT2D eigenvalue weighted by molar-refractivity contribution is 0.0532. The fourth-order valence-electron chi connectivity index (χ4n) is 2.23. The number of carbonyl (C=O) groups is 2. The van der Waals surface area contributed by atoms with E-state index in [1.165, 1.54) is 35.6 Å². The first-order valence-corrected chi connectivity index (χ1v) is 8.16. The molecule has 1 N–H and O–H groups in total. The Bertz CT molecular complexity index is 902. The summed E-state index contributed by atoms with van der Waals surface area (Å²) in [5, 5.41) is 3.61. The number of hydrogen-bond donors (Lipinski definition) is 1. The van der Waals surface area contributed by atoms with Gasteiger partial charge in [-0.25, -0.2) is 9.18 Å². The molecule has 24 heavy (non-hydrogen) atoms. The maximum absolute atomic E-state index is 12.9. The van der Waals surface area contributed by atoms with E-state index in [1.54, 1.807) is 25.1 Å². The van der Waals surface area contributed by atoms with Gasteiger partial charge in [-0.1, -0.05) is 0 Å². The SMILES string of the molecule is CCOC(=O)c1cc2cc(NC(=O)c3ccc(F)cc3)ccc2s1. The van der Waals surface area contributed by atoms with Gasteiger partial charge in [0, 0.05) is 16.0 Å². The van der Waals surface area contributed by atoms with Crippen LogP contribution in [0.1, 0.15) is 27.0 Å². The maximum Gasteiger partial charge on any atom is 0.348 e. The van der Waals surface area contributed by atoms with Gasteiger partial charge in [0.25, 0.3) is 5.91 Å². The van der Waals surface area contributed by atoms with Crippen molar-refractivity contribution in [3.63, 3.8) is 0 Å². The van der Waals surface area contributed by atoms with Crippen LogP contribution in [-0.4, -0.2) is 18.5 Å². The minimum atomic E-state index is -0.391. The van der Waals surface area contributed by atoms with Gasteiger partial charge in [-0.15, -0.1) is 11.3 Å². The van der Waals surface area contributed by atoms with E-state index in [0.29, 0.717) is 22.7 Å². The summed E-state index contributed by atoms with van der Waals surface area (Å²) in [5.41, 5.74) is 0.971. The number of fused-ring (bicyclic) bond motifs is 1. The van der Waals surface area contributed by atoms with E-state index in [-0.39, 0.29) is 11.9 Å². The summed E-state index contributed by atoms with van der Waals surface area (Å²) < 4.78 is 18.8. The van der Waals surface area contributed by atoms with Gasteiger partial charge in [-0.3, -0.25) is 4.79 Å². The average molecular weight is 343 g/mol. The zero-order valence-electron chi connectivity index (χ0n) is 12.8. The van der Waals surface area contributed by atoms with E-state index in [1.807, 2.05) is 6.07 Å². The highest BCUT2D eigenvalue weighted by Crippen LogP contribution is 2.28. The first kappa shape index (κ1) is 16.1. The number of halogens is 1. The normalized spacial score (nSPS) is 10.6. The summed E-state index contributed by atoms with van der Waals surface area (Å²) in [6.07, 6.45) is 0. The lowest BCUT2D eigenvalue weighted by atomic mass is 10.2. The lowest BCUT2D eigenvalue weighted by Gasteiger charge is -2.05. The number of esters is 1. The van der Waals surface area contributed by atoms with Crippen molar-refractivity contribution < 1.29 is 18.7 Å². The molecule has 3 aromatic rings. The average Bonchev–Trinajstić information content (AvgIpc) is 2.99. The van der Waals surface area contributed by atoms with Crippen LogP contribution in [0, 0.1) is 5.82 Å². The monoisotopic (exact) mass is 343 g/mol. The number of hydrogen-bond acceptors (Lipinski definition) is 4. The van der Waals surface area contributed by atoms with E-state index >= 15 is 0 Å². The van der Waals surface area contributed by atoms with Gasteiger partial charge in [-0.2, -0.15) is 0 Å². The number of benzene rings is 2. The van der Waals surface area contributed by atoms with E-state index in [0.717, 1.165) is 10.1 Å². The molecular weight excluding hydrogens is 329 g/mol. The molecule has 0 aliphatic rings. The molecule has 0 saturated heterocycles. The highest BCUT2D eigenvalue weighted by molar-refractivity contribution is 7.20. The highest BCUT2D eigenvalue weighted by atomic mass is 32.1. The van der Waals surface area contributed by atoms with Gasteiger partial charge in [0.15, 0.2) is 0 Å². The molecule has 0 bridgehead atoms. The molecule has 1 aromatic heterocycles. The number of nitrogens with one attached hydrogen (secondary N) is 1. The zero-order chi connectivity index (χ0) is 17.1. The molecule has 0 unspecified atom stereocenters. The molecule has 1 heterocycles. The Kier molecular flexibility index (Phi) is 4.57. The first-order chi connectivity index (χ1) is 11.6. The van der Waals surface area contributed by atoms with Crippen molar-refractivity contribution in [3.8, 4) is 0 Å². The third-order valence-electron chi connectivity index (χ3n) is 3.36. The van der Waals surface area contributed by atoms with Crippen molar-refractivity contribution >= 4 is 39.0 Å². The summed E-state index contributed by atoms with van der Waals surface area (Å²) in [6.45, 7) is 2.08. The van der Waals surface area contributed by atoms with Crippen molar-refractivity contribution in [1.29, 1.82) is 0 Å². The number of amides is 1. The molecule has 0 fully saturated rings. The predicted molar refractivity (Wildman–Crippen MR) is 92.1 cm³/mol. The molecule has 6 heteroatoms. The van der Waals surface area contributed by atoms with Gasteiger partial charge < -0.3 is 10.1 Å². The second-order valence-electron chi connectivity index (χ2n) is 5.04. The van der Waals surface area contributed by atoms with Gasteiger partial charge in [0.05, 0.1) is 6.61 Å². The topological polar surface area (TPSA) is 55.4 Å². The minimum Gasteiger partial charge on any atom is -0.462 e. The summed E-state index contributed by atoms with van der Waals surface area (Å²) in [4.78, 5) is 24.5. The number of carbonyl (C=O) groups excluding carboxylic acids is 2. The molecule has 0 radical (unpaired) electrons. The van der Waals surface area contributed by atoms with Gasteiger partial charge in [0.2, 0.25) is 0 Å². The maximum atomic E-state index is 12.9. The Morgan fingerprint density at radius 2 is 1.88 bits per heavy atom. The van der Waals surface area contributed by atoms with Gasteiger partial charge in [-0.05, 0) is 60.8 Å². The summed E-state index contributed by atoms with van der Waals surface area (Å²) in [7, 11) is 0. The van der Waals surface area contributed by atoms with Crippen LogP contribution in [0.25, 0.3) is 10.1 Å². The van der Waals surface area contributed by atoms with Crippen LogP contribution in [0.2, 0.25) is 0 Å². The smallest absolute Gasteiger partial charge is 0.348 e. The zero-order valence-corrected chi connectivity index (χ0v) is 13.7. The third-order valence-corrected chi connectivity index (χ3v) is 4.45. The highest BCUT2D eigenvalue weighted by Gasteiger charge is 2.12. The number of thiophene rings is 1. The first-order valence-electron chi connectivity index (χ1n) is 7.34. The van der Waals surface area contributed by atoms with Crippen LogP contribution >= 0.6 is 11.3 Å². The Morgan fingerprint density at radius 3 is 2.58 bits per heavy atom. The Morgan fingerprint density at radius 1 is 1.12 bits per heavy atom. The molecule has 0 saturated carbocycles. The molecule has 0 atom stereocenters. The molecule has 3 rings (SSSR count). The molecule has 4 nitrogen and oxygen atoms in total. The quantitative estimate of drug-likeness (QED) is 0.711. The fraction of sp³-hybridized carbons (Fsp3) is 0.111. The second kappa shape index (κ2) is 6.80. The van der Waals surface area contributed by atoms with Gasteiger partial charge in [0.1, 0.15) is 10.7 Å². The molecule has 0 spiro atoms. The lowest BCUT2D eigenvalue weighted by Crippen LogP contribution is -2.11. The van der Waals surface area contributed by atoms with Crippen LogP contribution in [0.3, 0.4) is 0 Å². The van der Waals surface area contributed by atoms with Crippen LogP contribution in [0.5, 0.6) is 0 Å². The van der Waals surface area contributed by atoms with Crippen LogP contribution in [0.15, 0.2) is 48.5 Å². The molecular formula is C18H14FNO3S. The third kappa shape index (κ3) is 3.44.